The predicted octanol–water partition coefficient (Wildman–Crippen LogP) is 3.68. The minimum atomic E-state index is -0.479. The average molecular weight is 365 g/mol. The molecule has 0 aromatic heterocycles. The fraction of sp³-hybridized carbons (Fsp3) is 0.200. The number of nitro benzene ring substituents is 1. The molecule has 0 bridgehead atoms. The molecule has 0 unspecified atom stereocenters. The maximum Gasteiger partial charge on any atom is 0.274 e. The van der Waals surface area contributed by atoms with E-state index in [9.17, 15) is 19.7 Å². The van der Waals surface area contributed by atoms with Crippen LogP contribution in [0.5, 0.6) is 0 Å². The molecule has 3 rings (SSSR count). The summed E-state index contributed by atoms with van der Waals surface area (Å²) in [6, 6.07) is 11.9. The number of hydrogen-bond donors (Lipinski definition) is 1. The van der Waals surface area contributed by atoms with Gasteiger partial charge in [0.25, 0.3) is 5.69 Å². The molecule has 2 aromatic rings. The quantitative estimate of drug-likeness (QED) is 0.497. The van der Waals surface area contributed by atoms with E-state index < -0.39 is 4.92 Å². The molecule has 1 fully saturated rings. The number of nitro groups is 1. The molecule has 7 heteroatoms. The summed E-state index contributed by atoms with van der Waals surface area (Å²) >= 11 is 0. The number of hydrogen-bond acceptors (Lipinski definition) is 4. The summed E-state index contributed by atoms with van der Waals surface area (Å²) in [6.07, 6.45) is 4.47. The fourth-order valence-corrected chi connectivity index (χ4v) is 2.99. The molecule has 0 saturated carbocycles. The molecule has 1 aliphatic rings. The van der Waals surface area contributed by atoms with Gasteiger partial charge in [-0.3, -0.25) is 19.7 Å². The molecule has 1 saturated heterocycles. The molecule has 2 amide bonds. The van der Waals surface area contributed by atoms with Gasteiger partial charge in [0.1, 0.15) is 0 Å². The lowest BCUT2D eigenvalue weighted by Gasteiger charge is -2.15. The minimum Gasteiger partial charge on any atom is -0.322 e. The molecule has 138 valence electrons. The summed E-state index contributed by atoms with van der Waals surface area (Å²) in [7, 11) is 0. The van der Waals surface area contributed by atoms with E-state index in [2.05, 4.69) is 5.32 Å². The number of rotatable bonds is 5. The van der Waals surface area contributed by atoms with E-state index in [1.165, 1.54) is 18.2 Å². The van der Waals surface area contributed by atoms with Gasteiger partial charge in [0, 0.05) is 30.8 Å². The zero-order chi connectivity index (χ0) is 19.4. The number of benzene rings is 2. The van der Waals surface area contributed by atoms with Crippen LogP contribution in [0.2, 0.25) is 0 Å². The molecule has 0 radical (unpaired) electrons. The first-order valence-corrected chi connectivity index (χ1v) is 8.59. The Hall–Kier alpha value is -3.48. The second-order valence-electron chi connectivity index (χ2n) is 6.27. The van der Waals surface area contributed by atoms with Gasteiger partial charge in [0.05, 0.1) is 16.2 Å². The lowest BCUT2D eigenvalue weighted by molar-refractivity contribution is -0.385. The first-order chi connectivity index (χ1) is 13.0. The van der Waals surface area contributed by atoms with Crippen molar-refractivity contribution >= 4 is 35.0 Å². The number of amides is 2. The van der Waals surface area contributed by atoms with Gasteiger partial charge in [-0.1, -0.05) is 18.2 Å². The molecular weight excluding hydrogens is 346 g/mol. The fourth-order valence-electron chi connectivity index (χ4n) is 2.99. The molecule has 7 nitrogen and oxygen atoms in total. The SMILES string of the molecule is Cc1c(NC(=O)/C=C/c2ccc(N3CCCC3=O)cc2)cccc1[N+](=O)[O-]. The van der Waals surface area contributed by atoms with E-state index in [4.69, 9.17) is 0 Å². The van der Waals surface area contributed by atoms with Crippen LogP contribution in [0, 0.1) is 17.0 Å². The first-order valence-electron chi connectivity index (χ1n) is 8.59. The van der Waals surface area contributed by atoms with Crippen molar-refractivity contribution in [2.75, 3.05) is 16.8 Å². The smallest absolute Gasteiger partial charge is 0.274 e. The first kappa shape index (κ1) is 18.3. The van der Waals surface area contributed by atoms with Crippen LogP contribution in [0.15, 0.2) is 48.5 Å². The Morgan fingerprint density at radius 1 is 1.22 bits per heavy atom. The third kappa shape index (κ3) is 4.20. The Balaban J connectivity index is 1.66. The molecule has 27 heavy (non-hydrogen) atoms. The van der Waals surface area contributed by atoms with Crippen molar-refractivity contribution in [3.8, 4) is 0 Å². The van der Waals surface area contributed by atoms with E-state index in [0.29, 0.717) is 17.7 Å². The van der Waals surface area contributed by atoms with Gasteiger partial charge in [-0.25, -0.2) is 0 Å². The van der Waals surface area contributed by atoms with E-state index in [-0.39, 0.29) is 17.5 Å². The zero-order valence-corrected chi connectivity index (χ0v) is 14.8. The Morgan fingerprint density at radius 3 is 2.59 bits per heavy atom. The van der Waals surface area contributed by atoms with Crippen LogP contribution < -0.4 is 10.2 Å². The van der Waals surface area contributed by atoms with E-state index in [0.717, 1.165) is 24.2 Å². The minimum absolute atomic E-state index is 0.0381. The van der Waals surface area contributed by atoms with Crippen LogP contribution in [0.4, 0.5) is 17.1 Å². The van der Waals surface area contributed by atoms with Gasteiger partial charge in [-0.05, 0) is 43.2 Å². The highest BCUT2D eigenvalue weighted by atomic mass is 16.6. The Bertz CT molecular complexity index is 919. The monoisotopic (exact) mass is 365 g/mol. The summed E-state index contributed by atoms with van der Waals surface area (Å²) in [4.78, 5) is 36.1. The van der Waals surface area contributed by atoms with Crippen molar-refractivity contribution in [2.24, 2.45) is 0 Å². The van der Waals surface area contributed by atoms with Crippen LogP contribution >= 0.6 is 0 Å². The second kappa shape index (κ2) is 7.82. The number of anilines is 2. The lowest BCUT2D eigenvalue weighted by Crippen LogP contribution is -2.23. The van der Waals surface area contributed by atoms with Crippen molar-refractivity contribution in [1.29, 1.82) is 0 Å². The van der Waals surface area contributed by atoms with Gasteiger partial charge in [-0.15, -0.1) is 0 Å². The maximum absolute atomic E-state index is 12.1. The Morgan fingerprint density at radius 2 is 1.96 bits per heavy atom. The largest absolute Gasteiger partial charge is 0.322 e. The molecule has 1 heterocycles. The summed E-state index contributed by atoms with van der Waals surface area (Å²) in [6.45, 7) is 2.33. The van der Waals surface area contributed by atoms with Crippen LogP contribution in [0.1, 0.15) is 24.0 Å². The summed E-state index contributed by atoms with van der Waals surface area (Å²) in [5.74, 6) is -0.248. The summed E-state index contributed by atoms with van der Waals surface area (Å²) < 4.78 is 0. The summed E-state index contributed by atoms with van der Waals surface area (Å²) in [5.41, 5.74) is 2.44. The third-order valence-corrected chi connectivity index (χ3v) is 4.47. The molecule has 1 N–H and O–H groups in total. The average Bonchev–Trinajstić information content (AvgIpc) is 3.08. The lowest BCUT2D eigenvalue weighted by atomic mass is 10.1. The van der Waals surface area contributed by atoms with Gasteiger partial charge >= 0.3 is 0 Å². The highest BCUT2D eigenvalue weighted by Crippen LogP contribution is 2.25. The number of carbonyl (C=O) groups is 2. The molecule has 0 spiro atoms. The van der Waals surface area contributed by atoms with E-state index in [1.807, 2.05) is 24.3 Å². The van der Waals surface area contributed by atoms with Crippen molar-refractivity contribution in [3.63, 3.8) is 0 Å². The predicted molar refractivity (Wildman–Crippen MR) is 104 cm³/mol. The van der Waals surface area contributed by atoms with Crippen molar-refractivity contribution < 1.29 is 14.5 Å². The van der Waals surface area contributed by atoms with Crippen molar-refractivity contribution in [2.45, 2.75) is 19.8 Å². The van der Waals surface area contributed by atoms with Crippen molar-refractivity contribution in [1.82, 2.24) is 0 Å². The molecule has 0 aliphatic carbocycles. The van der Waals surface area contributed by atoms with Gasteiger partial charge in [0.2, 0.25) is 11.8 Å². The van der Waals surface area contributed by atoms with Crippen LogP contribution in [0.3, 0.4) is 0 Å². The van der Waals surface area contributed by atoms with Crippen LogP contribution in [0.25, 0.3) is 6.08 Å². The van der Waals surface area contributed by atoms with Crippen molar-refractivity contribution in [3.05, 3.63) is 69.8 Å². The number of nitrogens with one attached hydrogen (secondary N) is 1. The van der Waals surface area contributed by atoms with E-state index in [1.54, 1.807) is 24.0 Å². The van der Waals surface area contributed by atoms with Crippen LogP contribution in [-0.4, -0.2) is 23.3 Å². The molecule has 2 aromatic carbocycles. The maximum atomic E-state index is 12.1. The molecule has 1 aliphatic heterocycles. The standard InChI is InChI=1S/C20H19N3O4/c1-14-17(4-2-5-18(14)23(26)27)21-19(24)12-9-15-7-10-16(11-8-15)22-13-3-6-20(22)25/h2,4-5,7-12H,3,6,13H2,1H3,(H,21,24)/b12-9+. The molecule has 0 atom stereocenters. The highest BCUT2D eigenvalue weighted by Gasteiger charge is 2.21. The normalized spacial score (nSPS) is 14.0. The van der Waals surface area contributed by atoms with Gasteiger partial charge in [-0.2, -0.15) is 0 Å². The Kier molecular flexibility index (Phi) is 5.30. The zero-order valence-electron chi connectivity index (χ0n) is 14.8. The Labute approximate surface area is 156 Å². The highest BCUT2D eigenvalue weighted by molar-refractivity contribution is 6.02. The second-order valence-corrected chi connectivity index (χ2v) is 6.27. The van der Waals surface area contributed by atoms with Gasteiger partial charge < -0.3 is 10.2 Å². The third-order valence-electron chi connectivity index (χ3n) is 4.47. The number of carbonyl (C=O) groups excluding carboxylic acids is 2. The number of nitrogens with zero attached hydrogens (tertiary/aromatic N) is 2. The van der Waals surface area contributed by atoms with Gasteiger partial charge in [0.15, 0.2) is 0 Å². The van der Waals surface area contributed by atoms with E-state index >= 15 is 0 Å². The van der Waals surface area contributed by atoms with Crippen LogP contribution in [-0.2, 0) is 9.59 Å². The topological polar surface area (TPSA) is 92.6 Å². The summed E-state index contributed by atoms with van der Waals surface area (Å²) in [5, 5.41) is 13.6. The molecular formula is C20H19N3O4.